The number of anilines is 1. The minimum atomic E-state index is -0.482. The fourth-order valence-electron chi connectivity index (χ4n) is 2.89. The van der Waals surface area contributed by atoms with Crippen LogP contribution in [0.2, 0.25) is 0 Å². The van der Waals surface area contributed by atoms with Gasteiger partial charge in [-0.1, -0.05) is 30.3 Å². The SMILES string of the molecule is O=C(NO)c1ccc(N2CCN(Cc3ccccc3)CC2)cc1. The Kier molecular flexibility index (Phi) is 4.90. The standard InChI is InChI=1S/C18H21N3O2/c22-18(19-23)16-6-8-17(9-7-16)21-12-10-20(11-13-21)14-15-4-2-1-3-5-15/h1-9,23H,10-14H2,(H,19,22). The van der Waals surface area contributed by atoms with E-state index in [1.807, 2.05) is 18.2 Å². The summed E-state index contributed by atoms with van der Waals surface area (Å²) in [4.78, 5) is 16.1. The highest BCUT2D eigenvalue weighted by Crippen LogP contribution is 2.18. The highest BCUT2D eigenvalue weighted by molar-refractivity contribution is 5.93. The topological polar surface area (TPSA) is 55.8 Å². The zero-order valence-corrected chi connectivity index (χ0v) is 13.0. The molecule has 1 heterocycles. The third-order valence-corrected chi connectivity index (χ3v) is 4.22. The van der Waals surface area contributed by atoms with Crippen molar-refractivity contribution < 1.29 is 10.0 Å². The number of nitrogens with one attached hydrogen (secondary N) is 1. The van der Waals surface area contributed by atoms with Crippen LogP contribution >= 0.6 is 0 Å². The number of rotatable bonds is 4. The van der Waals surface area contributed by atoms with Gasteiger partial charge in [-0.15, -0.1) is 0 Å². The van der Waals surface area contributed by atoms with Gasteiger partial charge in [-0.25, -0.2) is 5.48 Å². The molecule has 1 amide bonds. The second-order valence-corrected chi connectivity index (χ2v) is 5.74. The van der Waals surface area contributed by atoms with Crippen molar-refractivity contribution in [1.29, 1.82) is 0 Å². The van der Waals surface area contributed by atoms with E-state index in [-0.39, 0.29) is 0 Å². The largest absolute Gasteiger partial charge is 0.369 e. The predicted molar refractivity (Wildman–Crippen MR) is 89.6 cm³/mol. The maximum absolute atomic E-state index is 11.3. The molecular weight excluding hydrogens is 290 g/mol. The maximum atomic E-state index is 11.3. The lowest BCUT2D eigenvalue weighted by Gasteiger charge is -2.36. The van der Waals surface area contributed by atoms with Crippen LogP contribution in [0.4, 0.5) is 5.69 Å². The molecule has 0 aliphatic carbocycles. The summed E-state index contributed by atoms with van der Waals surface area (Å²) >= 11 is 0. The summed E-state index contributed by atoms with van der Waals surface area (Å²) in [6.45, 7) is 4.97. The molecule has 2 N–H and O–H groups in total. The van der Waals surface area contributed by atoms with E-state index < -0.39 is 5.91 Å². The molecule has 0 spiro atoms. The number of nitrogens with zero attached hydrogens (tertiary/aromatic N) is 2. The Labute approximate surface area is 136 Å². The van der Waals surface area contributed by atoms with Crippen molar-refractivity contribution >= 4 is 11.6 Å². The molecule has 120 valence electrons. The predicted octanol–water partition coefficient (Wildman–Crippen LogP) is 2.13. The first kappa shape index (κ1) is 15.5. The average Bonchev–Trinajstić information content (AvgIpc) is 2.63. The van der Waals surface area contributed by atoms with Crippen molar-refractivity contribution in [3.63, 3.8) is 0 Å². The lowest BCUT2D eigenvalue weighted by atomic mass is 10.1. The quantitative estimate of drug-likeness (QED) is 0.671. The van der Waals surface area contributed by atoms with Crippen molar-refractivity contribution in [2.45, 2.75) is 6.54 Å². The van der Waals surface area contributed by atoms with Gasteiger partial charge in [0.15, 0.2) is 0 Å². The number of amides is 1. The first-order chi connectivity index (χ1) is 11.3. The molecule has 0 saturated carbocycles. The summed E-state index contributed by atoms with van der Waals surface area (Å²) in [5.74, 6) is -0.482. The molecule has 5 heteroatoms. The second-order valence-electron chi connectivity index (χ2n) is 5.74. The van der Waals surface area contributed by atoms with Crippen molar-refractivity contribution in [2.24, 2.45) is 0 Å². The smallest absolute Gasteiger partial charge is 0.274 e. The van der Waals surface area contributed by atoms with E-state index in [0.29, 0.717) is 5.56 Å². The summed E-state index contributed by atoms with van der Waals surface area (Å²) in [6.07, 6.45) is 0. The summed E-state index contributed by atoms with van der Waals surface area (Å²) < 4.78 is 0. The molecule has 1 aliphatic rings. The normalized spacial score (nSPS) is 15.4. The summed E-state index contributed by atoms with van der Waals surface area (Å²) in [7, 11) is 0. The number of benzene rings is 2. The van der Waals surface area contributed by atoms with E-state index in [0.717, 1.165) is 38.4 Å². The van der Waals surface area contributed by atoms with Gasteiger partial charge >= 0.3 is 0 Å². The van der Waals surface area contributed by atoms with Crippen LogP contribution in [0.3, 0.4) is 0 Å². The Hall–Kier alpha value is -2.37. The first-order valence-electron chi connectivity index (χ1n) is 7.82. The first-order valence-corrected chi connectivity index (χ1v) is 7.82. The van der Waals surface area contributed by atoms with Gasteiger partial charge in [0.25, 0.3) is 5.91 Å². The fourth-order valence-corrected chi connectivity index (χ4v) is 2.89. The van der Waals surface area contributed by atoms with Crippen molar-refractivity contribution in [3.05, 3.63) is 65.7 Å². The Balaban J connectivity index is 1.55. The van der Waals surface area contributed by atoms with Crippen LogP contribution in [0.5, 0.6) is 0 Å². The summed E-state index contributed by atoms with van der Waals surface area (Å²) in [6, 6.07) is 17.9. The number of carbonyl (C=O) groups is 1. The molecule has 0 radical (unpaired) electrons. The van der Waals surface area contributed by atoms with Gasteiger partial charge in [-0.05, 0) is 29.8 Å². The Bertz CT molecular complexity index is 635. The highest BCUT2D eigenvalue weighted by atomic mass is 16.5. The Morgan fingerprint density at radius 2 is 1.61 bits per heavy atom. The van der Waals surface area contributed by atoms with Crippen molar-refractivity contribution in [3.8, 4) is 0 Å². The molecule has 2 aromatic rings. The van der Waals surface area contributed by atoms with Gasteiger partial charge < -0.3 is 4.90 Å². The van der Waals surface area contributed by atoms with Crippen LogP contribution in [-0.4, -0.2) is 42.2 Å². The highest BCUT2D eigenvalue weighted by Gasteiger charge is 2.17. The number of hydrogen-bond acceptors (Lipinski definition) is 4. The van der Waals surface area contributed by atoms with E-state index in [1.54, 1.807) is 17.6 Å². The molecule has 1 saturated heterocycles. The van der Waals surface area contributed by atoms with Crippen LogP contribution in [0.1, 0.15) is 15.9 Å². The number of carbonyl (C=O) groups excluding carboxylic acids is 1. The fraction of sp³-hybridized carbons (Fsp3) is 0.278. The molecule has 23 heavy (non-hydrogen) atoms. The van der Waals surface area contributed by atoms with E-state index in [9.17, 15) is 4.79 Å². The third kappa shape index (κ3) is 3.88. The monoisotopic (exact) mass is 311 g/mol. The zero-order chi connectivity index (χ0) is 16.1. The maximum Gasteiger partial charge on any atom is 0.274 e. The van der Waals surface area contributed by atoms with E-state index in [4.69, 9.17) is 5.21 Å². The van der Waals surface area contributed by atoms with Crippen LogP contribution in [0.25, 0.3) is 0 Å². The third-order valence-electron chi connectivity index (χ3n) is 4.22. The van der Waals surface area contributed by atoms with E-state index >= 15 is 0 Å². The Morgan fingerprint density at radius 1 is 0.957 bits per heavy atom. The number of hydroxylamine groups is 1. The summed E-state index contributed by atoms with van der Waals surface area (Å²) in [5.41, 5.74) is 4.56. The molecule has 1 fully saturated rings. The van der Waals surface area contributed by atoms with Crippen molar-refractivity contribution in [1.82, 2.24) is 10.4 Å². The zero-order valence-electron chi connectivity index (χ0n) is 13.0. The average molecular weight is 311 g/mol. The number of piperazine rings is 1. The molecule has 0 bridgehead atoms. The molecule has 2 aromatic carbocycles. The molecule has 3 rings (SSSR count). The van der Waals surface area contributed by atoms with Gasteiger partial charge in [0.05, 0.1) is 0 Å². The van der Waals surface area contributed by atoms with E-state index in [2.05, 4.69) is 34.1 Å². The van der Waals surface area contributed by atoms with Crippen LogP contribution < -0.4 is 10.4 Å². The van der Waals surface area contributed by atoms with Crippen LogP contribution in [0.15, 0.2) is 54.6 Å². The minimum absolute atomic E-state index is 0.457. The van der Waals surface area contributed by atoms with Gasteiger partial charge in [-0.2, -0.15) is 0 Å². The van der Waals surface area contributed by atoms with Crippen LogP contribution in [-0.2, 0) is 6.54 Å². The Morgan fingerprint density at radius 3 is 2.22 bits per heavy atom. The van der Waals surface area contributed by atoms with Crippen LogP contribution in [0, 0.1) is 0 Å². The second kappa shape index (κ2) is 7.26. The molecule has 0 atom stereocenters. The lowest BCUT2D eigenvalue weighted by Crippen LogP contribution is -2.45. The number of hydrogen-bond donors (Lipinski definition) is 2. The lowest BCUT2D eigenvalue weighted by molar-refractivity contribution is 0.0706. The minimum Gasteiger partial charge on any atom is -0.369 e. The van der Waals surface area contributed by atoms with Gasteiger partial charge in [0, 0.05) is 44.0 Å². The van der Waals surface area contributed by atoms with Gasteiger partial charge in [-0.3, -0.25) is 14.9 Å². The molecular formula is C18H21N3O2. The molecule has 0 unspecified atom stereocenters. The van der Waals surface area contributed by atoms with Gasteiger partial charge in [0.2, 0.25) is 0 Å². The summed E-state index contributed by atoms with van der Waals surface area (Å²) in [5, 5.41) is 8.64. The molecule has 5 nitrogen and oxygen atoms in total. The van der Waals surface area contributed by atoms with Gasteiger partial charge in [0.1, 0.15) is 0 Å². The molecule has 1 aliphatic heterocycles. The molecule has 0 aromatic heterocycles. The van der Waals surface area contributed by atoms with E-state index in [1.165, 1.54) is 5.56 Å². The van der Waals surface area contributed by atoms with Crippen molar-refractivity contribution in [2.75, 3.05) is 31.1 Å².